The summed E-state index contributed by atoms with van der Waals surface area (Å²) in [4.78, 5) is 23.9. The predicted octanol–water partition coefficient (Wildman–Crippen LogP) is 2.84. The lowest BCUT2D eigenvalue weighted by molar-refractivity contribution is -0.274. The van der Waals surface area contributed by atoms with E-state index in [4.69, 9.17) is 5.11 Å². The van der Waals surface area contributed by atoms with Crippen molar-refractivity contribution in [2.45, 2.75) is 32.5 Å². The van der Waals surface area contributed by atoms with Crippen LogP contribution in [0, 0.1) is 0 Å². The molecule has 0 heterocycles. The van der Waals surface area contributed by atoms with Gasteiger partial charge in [0.05, 0.1) is 6.42 Å². The van der Waals surface area contributed by atoms with Crippen LogP contribution in [-0.2, 0) is 16.0 Å². The molecule has 1 aromatic carbocycles. The number of alkyl halides is 3. The van der Waals surface area contributed by atoms with Crippen molar-refractivity contribution in [3.05, 3.63) is 29.8 Å². The number of amides is 1. The number of ether oxygens (including phenoxy) is 1. The molecule has 0 fully saturated rings. The van der Waals surface area contributed by atoms with Crippen LogP contribution in [0.2, 0.25) is 0 Å². The number of carbonyl (C=O) groups excluding carboxylic acids is 1. The molecule has 0 radical (unpaired) electrons. The number of carbonyl (C=O) groups is 2. The first-order valence-electron chi connectivity index (χ1n) is 7.05. The number of carboxylic acid groups (broad SMARTS) is 1. The molecule has 1 aromatic rings. The monoisotopic (exact) mass is 333 g/mol. The summed E-state index contributed by atoms with van der Waals surface area (Å²) in [5.74, 6) is -1.48. The average Bonchev–Trinajstić information content (AvgIpc) is 2.45. The van der Waals surface area contributed by atoms with E-state index in [0.29, 0.717) is 18.5 Å². The topological polar surface area (TPSA) is 66.8 Å². The minimum absolute atomic E-state index is 0.122. The average molecular weight is 333 g/mol. The second-order valence-electron chi connectivity index (χ2n) is 4.81. The number of benzene rings is 1. The van der Waals surface area contributed by atoms with Crippen molar-refractivity contribution in [2.75, 3.05) is 13.1 Å². The van der Waals surface area contributed by atoms with Gasteiger partial charge in [0.25, 0.3) is 0 Å². The third-order valence-corrected chi connectivity index (χ3v) is 3.11. The van der Waals surface area contributed by atoms with Crippen LogP contribution < -0.4 is 4.74 Å². The predicted molar refractivity (Wildman–Crippen MR) is 76.0 cm³/mol. The van der Waals surface area contributed by atoms with E-state index in [9.17, 15) is 22.8 Å². The normalized spacial score (nSPS) is 11.1. The van der Waals surface area contributed by atoms with Gasteiger partial charge in [-0.1, -0.05) is 12.1 Å². The summed E-state index contributed by atoms with van der Waals surface area (Å²) in [6, 6.07) is 5.30. The molecule has 0 saturated heterocycles. The third kappa shape index (κ3) is 7.53. The van der Waals surface area contributed by atoms with Crippen LogP contribution in [0.15, 0.2) is 24.3 Å². The van der Waals surface area contributed by atoms with Crippen LogP contribution in [0.4, 0.5) is 13.2 Å². The Kier molecular flexibility index (Phi) is 6.87. The first-order valence-corrected chi connectivity index (χ1v) is 7.05. The highest BCUT2D eigenvalue weighted by atomic mass is 19.4. The van der Waals surface area contributed by atoms with Gasteiger partial charge in [0.2, 0.25) is 5.91 Å². The van der Waals surface area contributed by atoms with Crippen molar-refractivity contribution in [1.29, 1.82) is 0 Å². The third-order valence-electron chi connectivity index (χ3n) is 3.11. The number of nitrogens with zero attached hydrogens (tertiary/aromatic N) is 1. The van der Waals surface area contributed by atoms with Gasteiger partial charge in [-0.05, 0) is 31.0 Å². The molecule has 0 aliphatic carbocycles. The molecule has 128 valence electrons. The van der Waals surface area contributed by atoms with E-state index in [-0.39, 0.29) is 31.0 Å². The van der Waals surface area contributed by atoms with Gasteiger partial charge in [0.1, 0.15) is 5.75 Å². The molecule has 0 unspecified atom stereocenters. The highest BCUT2D eigenvalue weighted by molar-refractivity contribution is 5.77. The minimum Gasteiger partial charge on any atom is -0.481 e. The van der Waals surface area contributed by atoms with E-state index < -0.39 is 12.3 Å². The number of hydrogen-bond donors (Lipinski definition) is 1. The molecule has 1 N–H and O–H groups in total. The zero-order valence-electron chi connectivity index (χ0n) is 12.6. The summed E-state index contributed by atoms with van der Waals surface area (Å²) in [6.45, 7) is 2.30. The van der Waals surface area contributed by atoms with Crippen LogP contribution in [0.5, 0.6) is 5.75 Å². The van der Waals surface area contributed by atoms with Gasteiger partial charge in [-0.25, -0.2) is 0 Å². The maximum Gasteiger partial charge on any atom is 0.573 e. The summed E-state index contributed by atoms with van der Waals surface area (Å²) in [6.07, 6.45) is -4.34. The SMILES string of the molecule is CCN(CCC(=O)O)C(=O)CCc1ccc(OC(F)(F)F)cc1. The molecule has 5 nitrogen and oxygen atoms in total. The van der Waals surface area contributed by atoms with Gasteiger partial charge in [-0.3, -0.25) is 9.59 Å². The molecule has 0 saturated carbocycles. The highest BCUT2D eigenvalue weighted by Gasteiger charge is 2.30. The Morgan fingerprint density at radius 3 is 2.26 bits per heavy atom. The number of carboxylic acids is 1. The van der Waals surface area contributed by atoms with E-state index >= 15 is 0 Å². The van der Waals surface area contributed by atoms with Gasteiger partial charge in [0, 0.05) is 19.5 Å². The van der Waals surface area contributed by atoms with E-state index in [2.05, 4.69) is 4.74 Å². The zero-order valence-corrected chi connectivity index (χ0v) is 12.6. The first-order chi connectivity index (χ1) is 10.7. The molecule has 0 aromatic heterocycles. The second-order valence-corrected chi connectivity index (χ2v) is 4.81. The Balaban J connectivity index is 2.50. The fraction of sp³-hybridized carbons (Fsp3) is 0.467. The number of aliphatic carboxylic acids is 1. The fourth-order valence-electron chi connectivity index (χ4n) is 1.96. The van der Waals surface area contributed by atoms with E-state index in [1.54, 1.807) is 6.92 Å². The van der Waals surface area contributed by atoms with Crippen molar-refractivity contribution >= 4 is 11.9 Å². The zero-order chi connectivity index (χ0) is 17.5. The Morgan fingerprint density at radius 1 is 1.17 bits per heavy atom. The Bertz CT molecular complexity index is 529. The van der Waals surface area contributed by atoms with Crippen LogP contribution in [-0.4, -0.2) is 41.3 Å². The van der Waals surface area contributed by atoms with E-state index in [1.807, 2.05) is 0 Å². The molecule has 0 atom stereocenters. The van der Waals surface area contributed by atoms with E-state index in [0.717, 1.165) is 0 Å². The Labute approximate surface area is 131 Å². The summed E-state index contributed by atoms with van der Waals surface area (Å²) in [5.41, 5.74) is 0.696. The smallest absolute Gasteiger partial charge is 0.481 e. The molecular weight excluding hydrogens is 315 g/mol. The number of halogens is 3. The van der Waals surface area contributed by atoms with Gasteiger partial charge in [-0.2, -0.15) is 0 Å². The fourth-order valence-corrected chi connectivity index (χ4v) is 1.96. The first kappa shape index (κ1) is 18.8. The number of aryl methyl sites for hydroxylation is 1. The molecule has 1 amide bonds. The summed E-state index contributed by atoms with van der Waals surface area (Å²) >= 11 is 0. The molecule has 0 aliphatic rings. The van der Waals surface area contributed by atoms with Crippen molar-refractivity contribution in [1.82, 2.24) is 4.90 Å². The molecule has 1 rings (SSSR count). The lowest BCUT2D eigenvalue weighted by atomic mass is 10.1. The lowest BCUT2D eigenvalue weighted by Crippen LogP contribution is -2.32. The summed E-state index contributed by atoms with van der Waals surface area (Å²) in [7, 11) is 0. The van der Waals surface area contributed by atoms with Gasteiger partial charge < -0.3 is 14.7 Å². The molecule has 23 heavy (non-hydrogen) atoms. The molecular formula is C15H18F3NO4. The maximum atomic E-state index is 12.0. The molecule has 0 aliphatic heterocycles. The van der Waals surface area contributed by atoms with Crippen LogP contribution in [0.25, 0.3) is 0 Å². The second kappa shape index (κ2) is 8.40. The number of rotatable bonds is 8. The summed E-state index contributed by atoms with van der Waals surface area (Å²) < 4.78 is 39.9. The van der Waals surface area contributed by atoms with Crippen molar-refractivity contribution < 1.29 is 32.6 Å². The Hall–Kier alpha value is -2.25. The van der Waals surface area contributed by atoms with Gasteiger partial charge >= 0.3 is 12.3 Å². The molecule has 8 heteroatoms. The molecule has 0 spiro atoms. The van der Waals surface area contributed by atoms with Crippen molar-refractivity contribution in [3.8, 4) is 5.75 Å². The van der Waals surface area contributed by atoms with Gasteiger partial charge in [-0.15, -0.1) is 13.2 Å². The Morgan fingerprint density at radius 2 is 1.78 bits per heavy atom. The quantitative estimate of drug-likeness (QED) is 0.794. The van der Waals surface area contributed by atoms with E-state index in [1.165, 1.54) is 29.2 Å². The van der Waals surface area contributed by atoms with Crippen molar-refractivity contribution in [3.63, 3.8) is 0 Å². The van der Waals surface area contributed by atoms with Crippen molar-refractivity contribution in [2.24, 2.45) is 0 Å². The largest absolute Gasteiger partial charge is 0.573 e. The maximum absolute atomic E-state index is 12.0. The lowest BCUT2D eigenvalue weighted by Gasteiger charge is -2.20. The number of hydrogen-bond acceptors (Lipinski definition) is 3. The molecule has 0 bridgehead atoms. The van der Waals surface area contributed by atoms with Crippen LogP contribution in [0.3, 0.4) is 0 Å². The highest BCUT2D eigenvalue weighted by Crippen LogP contribution is 2.23. The van der Waals surface area contributed by atoms with Gasteiger partial charge in [0.15, 0.2) is 0 Å². The minimum atomic E-state index is -4.73. The van der Waals surface area contributed by atoms with Crippen LogP contribution in [0.1, 0.15) is 25.3 Å². The summed E-state index contributed by atoms with van der Waals surface area (Å²) in [5, 5.41) is 8.62. The standard InChI is InChI=1S/C15H18F3NO4/c1-2-19(10-9-14(21)22)13(20)8-5-11-3-6-12(7-4-11)23-15(16,17)18/h3-4,6-7H,2,5,8-10H2,1H3,(H,21,22). The van der Waals surface area contributed by atoms with Crippen LogP contribution >= 0.6 is 0 Å².